The summed E-state index contributed by atoms with van der Waals surface area (Å²) in [6, 6.07) is 5.93. The minimum atomic E-state index is 0.0588. The van der Waals surface area contributed by atoms with Gasteiger partial charge in [0.15, 0.2) is 0 Å². The van der Waals surface area contributed by atoms with Crippen molar-refractivity contribution in [2.75, 3.05) is 18.4 Å². The second kappa shape index (κ2) is 7.32. The average Bonchev–Trinajstić information content (AvgIpc) is 2.92. The maximum absolute atomic E-state index is 12.2. The molecular formula is C17H26N2O. The maximum Gasteiger partial charge on any atom is 0.251 e. The molecule has 0 heterocycles. The van der Waals surface area contributed by atoms with Crippen molar-refractivity contribution in [3.8, 4) is 0 Å². The molecule has 0 aromatic heterocycles. The fourth-order valence-electron chi connectivity index (χ4n) is 3.02. The molecule has 1 aromatic carbocycles. The standard InChI is InChI=1S/C17H26N2O/c1-3-18-15-8-9-16(13(2)12-15)17(20)19-11-10-14-6-4-5-7-14/h8-9,12,14,18H,3-7,10-11H2,1-2H3,(H,19,20). The molecule has 110 valence electrons. The van der Waals surface area contributed by atoms with Crippen LogP contribution in [0.25, 0.3) is 0 Å². The smallest absolute Gasteiger partial charge is 0.251 e. The Morgan fingerprint density at radius 3 is 2.70 bits per heavy atom. The molecular weight excluding hydrogens is 248 g/mol. The van der Waals surface area contributed by atoms with E-state index in [4.69, 9.17) is 0 Å². The van der Waals surface area contributed by atoms with E-state index in [0.29, 0.717) is 0 Å². The van der Waals surface area contributed by atoms with Crippen LogP contribution in [0.1, 0.15) is 54.9 Å². The van der Waals surface area contributed by atoms with Crippen LogP contribution in [0.2, 0.25) is 0 Å². The van der Waals surface area contributed by atoms with Crippen LogP contribution in [0.4, 0.5) is 5.69 Å². The van der Waals surface area contributed by atoms with Crippen molar-refractivity contribution in [2.45, 2.75) is 46.0 Å². The number of amides is 1. The van der Waals surface area contributed by atoms with Crippen LogP contribution in [0.5, 0.6) is 0 Å². The molecule has 1 aliphatic rings. The summed E-state index contributed by atoms with van der Waals surface area (Å²) >= 11 is 0. The molecule has 3 heteroatoms. The number of aryl methyl sites for hydroxylation is 1. The molecule has 1 saturated carbocycles. The number of carbonyl (C=O) groups excluding carboxylic acids is 1. The molecule has 1 amide bonds. The Kier molecular flexibility index (Phi) is 5.45. The van der Waals surface area contributed by atoms with Crippen LogP contribution in [0, 0.1) is 12.8 Å². The lowest BCUT2D eigenvalue weighted by molar-refractivity contribution is 0.0951. The van der Waals surface area contributed by atoms with Gasteiger partial charge in [0.1, 0.15) is 0 Å². The molecule has 1 aromatic rings. The lowest BCUT2D eigenvalue weighted by Crippen LogP contribution is -2.26. The van der Waals surface area contributed by atoms with E-state index in [2.05, 4.69) is 17.6 Å². The monoisotopic (exact) mass is 274 g/mol. The third kappa shape index (κ3) is 3.99. The van der Waals surface area contributed by atoms with Gasteiger partial charge in [-0.05, 0) is 49.9 Å². The minimum Gasteiger partial charge on any atom is -0.385 e. The third-order valence-electron chi connectivity index (χ3n) is 4.16. The number of nitrogens with one attached hydrogen (secondary N) is 2. The molecule has 0 radical (unpaired) electrons. The van der Waals surface area contributed by atoms with Gasteiger partial charge >= 0.3 is 0 Å². The first-order chi connectivity index (χ1) is 9.70. The highest BCUT2D eigenvalue weighted by atomic mass is 16.1. The summed E-state index contributed by atoms with van der Waals surface area (Å²) < 4.78 is 0. The quantitative estimate of drug-likeness (QED) is 0.829. The molecule has 3 nitrogen and oxygen atoms in total. The van der Waals surface area contributed by atoms with Crippen molar-refractivity contribution in [1.82, 2.24) is 5.32 Å². The van der Waals surface area contributed by atoms with E-state index >= 15 is 0 Å². The Bertz CT molecular complexity index is 450. The van der Waals surface area contributed by atoms with Gasteiger partial charge in [-0.2, -0.15) is 0 Å². The van der Waals surface area contributed by atoms with Crippen molar-refractivity contribution >= 4 is 11.6 Å². The molecule has 20 heavy (non-hydrogen) atoms. The lowest BCUT2D eigenvalue weighted by Gasteiger charge is -2.12. The molecule has 0 bridgehead atoms. The van der Waals surface area contributed by atoms with Gasteiger partial charge in [-0.3, -0.25) is 4.79 Å². The summed E-state index contributed by atoms with van der Waals surface area (Å²) in [5.74, 6) is 0.885. The fourth-order valence-corrected chi connectivity index (χ4v) is 3.02. The van der Waals surface area contributed by atoms with E-state index in [-0.39, 0.29) is 5.91 Å². The van der Waals surface area contributed by atoms with Crippen molar-refractivity contribution < 1.29 is 4.79 Å². The zero-order chi connectivity index (χ0) is 14.4. The van der Waals surface area contributed by atoms with Gasteiger partial charge in [-0.1, -0.05) is 25.7 Å². The predicted molar refractivity (Wildman–Crippen MR) is 84.3 cm³/mol. The van der Waals surface area contributed by atoms with Crippen molar-refractivity contribution in [3.05, 3.63) is 29.3 Å². The Morgan fingerprint density at radius 2 is 2.05 bits per heavy atom. The summed E-state index contributed by atoms with van der Waals surface area (Å²) in [5, 5.41) is 6.32. The number of hydrogen-bond donors (Lipinski definition) is 2. The van der Waals surface area contributed by atoms with Gasteiger partial charge < -0.3 is 10.6 Å². The molecule has 0 aliphatic heterocycles. The summed E-state index contributed by atoms with van der Waals surface area (Å²) in [6.45, 7) is 5.76. The van der Waals surface area contributed by atoms with E-state index in [1.807, 2.05) is 25.1 Å². The second-order valence-corrected chi connectivity index (χ2v) is 5.76. The fraction of sp³-hybridized carbons (Fsp3) is 0.588. The highest BCUT2D eigenvalue weighted by Crippen LogP contribution is 2.26. The molecule has 2 N–H and O–H groups in total. The molecule has 0 unspecified atom stereocenters. The van der Waals surface area contributed by atoms with Crippen LogP contribution in [-0.4, -0.2) is 19.0 Å². The van der Waals surface area contributed by atoms with Crippen LogP contribution in [0.15, 0.2) is 18.2 Å². The number of rotatable bonds is 6. The molecule has 0 atom stereocenters. The van der Waals surface area contributed by atoms with E-state index in [0.717, 1.165) is 42.2 Å². The molecule has 1 fully saturated rings. The lowest BCUT2D eigenvalue weighted by atomic mass is 10.0. The van der Waals surface area contributed by atoms with Crippen LogP contribution in [0.3, 0.4) is 0 Å². The SMILES string of the molecule is CCNc1ccc(C(=O)NCCC2CCCC2)c(C)c1. The Labute approximate surface area is 122 Å². The van der Waals surface area contributed by atoms with Crippen LogP contribution in [-0.2, 0) is 0 Å². The topological polar surface area (TPSA) is 41.1 Å². The van der Waals surface area contributed by atoms with Gasteiger partial charge in [0, 0.05) is 24.3 Å². The van der Waals surface area contributed by atoms with E-state index < -0.39 is 0 Å². The van der Waals surface area contributed by atoms with Crippen molar-refractivity contribution in [3.63, 3.8) is 0 Å². The average molecular weight is 274 g/mol. The number of anilines is 1. The molecule has 2 rings (SSSR count). The van der Waals surface area contributed by atoms with Gasteiger partial charge in [0.2, 0.25) is 0 Å². The van der Waals surface area contributed by atoms with E-state index in [9.17, 15) is 4.79 Å². The normalized spacial score (nSPS) is 15.3. The summed E-state index contributed by atoms with van der Waals surface area (Å²) in [6.07, 6.45) is 6.53. The molecule has 1 aliphatic carbocycles. The first-order valence-corrected chi connectivity index (χ1v) is 7.83. The number of benzene rings is 1. The highest BCUT2D eigenvalue weighted by molar-refractivity contribution is 5.96. The minimum absolute atomic E-state index is 0.0588. The van der Waals surface area contributed by atoms with E-state index in [1.165, 1.54) is 25.7 Å². The Hall–Kier alpha value is -1.51. The zero-order valence-electron chi connectivity index (χ0n) is 12.7. The first-order valence-electron chi connectivity index (χ1n) is 7.83. The third-order valence-corrected chi connectivity index (χ3v) is 4.16. The number of hydrogen-bond acceptors (Lipinski definition) is 2. The van der Waals surface area contributed by atoms with E-state index in [1.54, 1.807) is 0 Å². The van der Waals surface area contributed by atoms with Gasteiger partial charge in [0.05, 0.1) is 0 Å². The molecule has 0 spiro atoms. The summed E-state index contributed by atoms with van der Waals surface area (Å²) in [7, 11) is 0. The first kappa shape index (κ1) is 14.9. The maximum atomic E-state index is 12.2. The summed E-state index contributed by atoms with van der Waals surface area (Å²) in [4.78, 5) is 12.2. The highest BCUT2D eigenvalue weighted by Gasteiger charge is 2.15. The number of carbonyl (C=O) groups is 1. The van der Waals surface area contributed by atoms with Crippen molar-refractivity contribution in [2.24, 2.45) is 5.92 Å². The van der Waals surface area contributed by atoms with Crippen LogP contribution < -0.4 is 10.6 Å². The Balaban J connectivity index is 1.85. The van der Waals surface area contributed by atoms with Gasteiger partial charge in [-0.25, -0.2) is 0 Å². The zero-order valence-corrected chi connectivity index (χ0v) is 12.7. The van der Waals surface area contributed by atoms with Gasteiger partial charge in [0.25, 0.3) is 5.91 Å². The second-order valence-electron chi connectivity index (χ2n) is 5.76. The Morgan fingerprint density at radius 1 is 1.30 bits per heavy atom. The predicted octanol–water partition coefficient (Wildman–Crippen LogP) is 3.74. The largest absolute Gasteiger partial charge is 0.385 e. The van der Waals surface area contributed by atoms with Crippen LogP contribution >= 0.6 is 0 Å². The summed E-state index contributed by atoms with van der Waals surface area (Å²) in [5.41, 5.74) is 2.90. The van der Waals surface area contributed by atoms with Crippen molar-refractivity contribution in [1.29, 1.82) is 0 Å². The molecule has 0 saturated heterocycles. The van der Waals surface area contributed by atoms with Gasteiger partial charge in [-0.15, -0.1) is 0 Å².